The largest absolute Gasteiger partial charge is 0.508 e. The number of carbonyl (C=O) groups excluding carboxylic acids is 1. The molecule has 0 saturated carbocycles. The van der Waals surface area contributed by atoms with Gasteiger partial charge in [0.15, 0.2) is 5.78 Å². The molecule has 3 aromatic rings. The molecule has 0 atom stereocenters. The van der Waals surface area contributed by atoms with Crippen molar-refractivity contribution in [3.63, 3.8) is 0 Å². The Balaban J connectivity index is 1.81. The fourth-order valence-corrected chi connectivity index (χ4v) is 2.71. The molecular weight excluding hydrogens is 352 g/mol. The van der Waals surface area contributed by atoms with Crippen LogP contribution in [0.25, 0.3) is 6.08 Å². The number of rotatable bonds is 6. The van der Waals surface area contributed by atoms with Gasteiger partial charge in [-0.25, -0.2) is 0 Å². The number of hydrogen-bond donors (Lipinski definition) is 1. The van der Waals surface area contributed by atoms with Crippen molar-refractivity contribution in [1.29, 1.82) is 0 Å². The van der Waals surface area contributed by atoms with Gasteiger partial charge in [0, 0.05) is 17.3 Å². The minimum absolute atomic E-state index is 0.0638. The van der Waals surface area contributed by atoms with E-state index in [4.69, 9.17) is 16.3 Å². The van der Waals surface area contributed by atoms with Crippen LogP contribution in [-0.2, 0) is 6.54 Å². The molecule has 1 aromatic heterocycles. The van der Waals surface area contributed by atoms with Crippen molar-refractivity contribution in [1.82, 2.24) is 9.78 Å². The smallest absolute Gasteiger partial charge is 0.185 e. The third-order valence-corrected chi connectivity index (χ3v) is 3.99. The fraction of sp³-hybridized carbons (Fsp3) is 0.100. The predicted octanol–water partition coefficient (Wildman–Crippen LogP) is 4.20. The summed E-state index contributed by atoms with van der Waals surface area (Å²) < 4.78 is 7.11. The fourth-order valence-electron chi connectivity index (χ4n) is 2.55. The van der Waals surface area contributed by atoms with Gasteiger partial charge in [0.2, 0.25) is 0 Å². The molecule has 2 aromatic carbocycles. The molecule has 0 unspecified atom stereocenters. The van der Waals surface area contributed by atoms with E-state index in [2.05, 4.69) is 5.10 Å². The Bertz CT molecular complexity index is 963. The number of aromatic nitrogens is 2. The highest BCUT2D eigenvalue weighted by atomic mass is 35.5. The highest BCUT2D eigenvalue weighted by Gasteiger charge is 2.07. The molecule has 0 amide bonds. The van der Waals surface area contributed by atoms with Gasteiger partial charge in [-0.2, -0.15) is 5.10 Å². The quantitative estimate of drug-likeness (QED) is 0.523. The van der Waals surface area contributed by atoms with Crippen molar-refractivity contribution in [3.05, 3.63) is 82.6 Å². The van der Waals surface area contributed by atoms with Gasteiger partial charge in [0.1, 0.15) is 11.5 Å². The van der Waals surface area contributed by atoms with E-state index in [1.165, 1.54) is 18.2 Å². The Kier molecular flexibility index (Phi) is 5.39. The third kappa shape index (κ3) is 4.32. The molecule has 5 nitrogen and oxygen atoms in total. The van der Waals surface area contributed by atoms with Crippen LogP contribution in [-0.4, -0.2) is 27.8 Å². The third-order valence-electron chi connectivity index (χ3n) is 3.80. The maximum Gasteiger partial charge on any atom is 0.185 e. The van der Waals surface area contributed by atoms with Gasteiger partial charge < -0.3 is 9.84 Å². The molecule has 1 N–H and O–H groups in total. The highest BCUT2D eigenvalue weighted by molar-refractivity contribution is 6.30. The lowest BCUT2D eigenvalue weighted by Crippen LogP contribution is -2.02. The first kappa shape index (κ1) is 17.8. The number of ether oxygens (including phenoxy) is 1. The summed E-state index contributed by atoms with van der Waals surface area (Å²) in [7, 11) is 1.61. The van der Waals surface area contributed by atoms with E-state index in [1.54, 1.807) is 42.4 Å². The van der Waals surface area contributed by atoms with Crippen LogP contribution in [0.15, 0.2) is 60.9 Å². The lowest BCUT2D eigenvalue weighted by atomic mass is 10.1. The molecule has 0 aliphatic heterocycles. The van der Waals surface area contributed by atoms with Crippen LogP contribution in [0.3, 0.4) is 0 Å². The van der Waals surface area contributed by atoms with Gasteiger partial charge in [0.05, 0.1) is 24.9 Å². The van der Waals surface area contributed by atoms with Gasteiger partial charge in [-0.1, -0.05) is 35.9 Å². The first-order chi connectivity index (χ1) is 12.5. The van der Waals surface area contributed by atoms with Crippen LogP contribution in [0.4, 0.5) is 0 Å². The second-order valence-electron chi connectivity index (χ2n) is 5.68. The Labute approximate surface area is 156 Å². The number of aromatic hydroxyl groups is 1. The minimum Gasteiger partial charge on any atom is -0.508 e. The SMILES string of the molecule is COc1ccc(/C=C/C(=O)c2cccc(O)c2)cc1Cn1cc(Cl)cn1. The molecule has 6 heteroatoms. The van der Waals surface area contributed by atoms with Crippen LogP contribution < -0.4 is 4.74 Å². The molecule has 3 rings (SSSR count). The van der Waals surface area contributed by atoms with E-state index < -0.39 is 0 Å². The molecule has 0 aliphatic rings. The van der Waals surface area contributed by atoms with Crippen molar-refractivity contribution >= 4 is 23.5 Å². The Morgan fingerprint density at radius 2 is 2.15 bits per heavy atom. The van der Waals surface area contributed by atoms with Crippen molar-refractivity contribution in [3.8, 4) is 11.5 Å². The van der Waals surface area contributed by atoms with E-state index in [0.29, 0.717) is 17.1 Å². The van der Waals surface area contributed by atoms with Gasteiger partial charge in [-0.15, -0.1) is 0 Å². The number of phenolic OH excluding ortho intramolecular Hbond substituents is 1. The molecule has 0 saturated heterocycles. The van der Waals surface area contributed by atoms with Gasteiger partial charge in [-0.3, -0.25) is 9.48 Å². The standard InChI is InChI=1S/C20H17ClN2O3/c1-26-20-8-6-14(9-16(20)12-23-13-17(21)11-22-23)5-7-19(25)15-3-2-4-18(24)10-15/h2-11,13,24H,12H2,1H3/b7-5+. The Morgan fingerprint density at radius 3 is 2.85 bits per heavy atom. The van der Waals surface area contributed by atoms with E-state index >= 15 is 0 Å². The first-order valence-electron chi connectivity index (χ1n) is 7.91. The Hall–Kier alpha value is -3.05. The van der Waals surface area contributed by atoms with Crippen molar-refractivity contribution < 1.29 is 14.6 Å². The summed E-state index contributed by atoms with van der Waals surface area (Å²) in [6.45, 7) is 0.498. The van der Waals surface area contributed by atoms with E-state index in [0.717, 1.165) is 16.9 Å². The van der Waals surface area contributed by atoms with Gasteiger partial charge in [0.25, 0.3) is 0 Å². The number of methoxy groups -OCH3 is 1. The monoisotopic (exact) mass is 368 g/mol. The molecule has 1 heterocycles. The van der Waals surface area contributed by atoms with Crippen LogP contribution in [0, 0.1) is 0 Å². The van der Waals surface area contributed by atoms with E-state index in [9.17, 15) is 9.90 Å². The summed E-state index contributed by atoms with van der Waals surface area (Å²) in [5.74, 6) is 0.610. The summed E-state index contributed by atoms with van der Waals surface area (Å²) in [5.41, 5.74) is 2.20. The summed E-state index contributed by atoms with van der Waals surface area (Å²) in [6.07, 6.45) is 6.51. The van der Waals surface area contributed by atoms with Crippen LogP contribution in [0.5, 0.6) is 11.5 Å². The molecule has 0 radical (unpaired) electrons. The first-order valence-corrected chi connectivity index (χ1v) is 8.29. The van der Waals surface area contributed by atoms with Crippen molar-refractivity contribution in [2.75, 3.05) is 7.11 Å². The van der Waals surface area contributed by atoms with Crippen LogP contribution in [0.1, 0.15) is 21.5 Å². The van der Waals surface area contributed by atoms with E-state index in [-0.39, 0.29) is 11.5 Å². The molecule has 26 heavy (non-hydrogen) atoms. The Morgan fingerprint density at radius 1 is 1.31 bits per heavy atom. The lowest BCUT2D eigenvalue weighted by molar-refractivity contribution is 0.104. The maximum absolute atomic E-state index is 12.2. The van der Waals surface area contributed by atoms with Crippen LogP contribution >= 0.6 is 11.6 Å². The zero-order chi connectivity index (χ0) is 18.5. The second kappa shape index (κ2) is 7.89. The topological polar surface area (TPSA) is 64.3 Å². The molecular formula is C20H17ClN2O3. The number of allylic oxidation sites excluding steroid dienone is 1. The highest BCUT2D eigenvalue weighted by Crippen LogP contribution is 2.22. The number of hydrogen-bond acceptors (Lipinski definition) is 4. The van der Waals surface area contributed by atoms with Gasteiger partial charge in [-0.05, 0) is 35.9 Å². The molecule has 0 aliphatic carbocycles. The molecule has 0 fully saturated rings. The second-order valence-corrected chi connectivity index (χ2v) is 6.11. The predicted molar refractivity (Wildman–Crippen MR) is 101 cm³/mol. The lowest BCUT2D eigenvalue weighted by Gasteiger charge is -2.09. The molecule has 0 spiro atoms. The normalized spacial score (nSPS) is 11.0. The van der Waals surface area contributed by atoms with E-state index in [1.807, 2.05) is 18.2 Å². The number of ketones is 1. The molecule has 132 valence electrons. The minimum atomic E-state index is -0.183. The van der Waals surface area contributed by atoms with Gasteiger partial charge >= 0.3 is 0 Å². The van der Waals surface area contributed by atoms with Crippen molar-refractivity contribution in [2.45, 2.75) is 6.54 Å². The zero-order valence-corrected chi connectivity index (χ0v) is 14.8. The number of halogens is 1. The summed E-state index contributed by atoms with van der Waals surface area (Å²) in [4.78, 5) is 12.2. The zero-order valence-electron chi connectivity index (χ0n) is 14.1. The average Bonchev–Trinajstić information content (AvgIpc) is 3.04. The number of benzene rings is 2. The molecule has 0 bridgehead atoms. The number of carbonyl (C=O) groups is 1. The maximum atomic E-state index is 12.2. The van der Waals surface area contributed by atoms with Crippen LogP contribution in [0.2, 0.25) is 5.02 Å². The summed E-state index contributed by atoms with van der Waals surface area (Å²) in [5, 5.41) is 14.2. The van der Waals surface area contributed by atoms with Crippen molar-refractivity contribution in [2.24, 2.45) is 0 Å². The summed E-state index contributed by atoms with van der Waals surface area (Å²) >= 11 is 5.90. The number of phenols is 1. The summed E-state index contributed by atoms with van der Waals surface area (Å²) in [6, 6.07) is 11.9. The number of nitrogens with zero attached hydrogens (tertiary/aromatic N) is 2. The average molecular weight is 369 g/mol.